The zero-order valence-electron chi connectivity index (χ0n) is 18.7. The van der Waals surface area contributed by atoms with E-state index in [2.05, 4.69) is 61.3 Å². The zero-order chi connectivity index (χ0) is 23.0. The molecule has 0 spiro atoms. The van der Waals surface area contributed by atoms with Gasteiger partial charge < -0.3 is 9.88 Å². The summed E-state index contributed by atoms with van der Waals surface area (Å²) in [6.07, 6.45) is 5.94. The van der Waals surface area contributed by atoms with Crippen LogP contribution >= 0.6 is 11.8 Å². The molecule has 1 aromatic carbocycles. The fourth-order valence-corrected chi connectivity index (χ4v) is 5.09. The summed E-state index contributed by atoms with van der Waals surface area (Å²) in [7, 11) is 2.15. The van der Waals surface area contributed by atoms with Gasteiger partial charge in [0.15, 0.2) is 0 Å². The van der Waals surface area contributed by atoms with E-state index < -0.39 is 0 Å². The molecule has 32 heavy (non-hydrogen) atoms. The van der Waals surface area contributed by atoms with Gasteiger partial charge >= 0.3 is 0 Å². The van der Waals surface area contributed by atoms with Gasteiger partial charge in [0.2, 0.25) is 17.7 Å². The van der Waals surface area contributed by atoms with E-state index in [1.54, 1.807) is 0 Å². The molecule has 8 heteroatoms. The molecule has 1 saturated heterocycles. The lowest BCUT2D eigenvalue weighted by molar-refractivity contribution is -0.134. The Morgan fingerprint density at radius 3 is 2.47 bits per heavy atom. The van der Waals surface area contributed by atoms with Crippen molar-refractivity contribution in [3.8, 4) is 0 Å². The van der Waals surface area contributed by atoms with Crippen LogP contribution in [0.25, 0.3) is 16.5 Å². The molecule has 2 atom stereocenters. The van der Waals surface area contributed by atoms with Crippen LogP contribution in [0.4, 0.5) is 0 Å². The Bertz CT molecular complexity index is 1070. The summed E-state index contributed by atoms with van der Waals surface area (Å²) >= 11 is 5.15. The third-order valence-corrected chi connectivity index (χ3v) is 7.03. The predicted octanol–water partition coefficient (Wildman–Crippen LogP) is 3.20. The number of fused-ring (bicyclic) bond motifs is 2. The van der Waals surface area contributed by atoms with Gasteiger partial charge in [-0.2, -0.15) is 4.42 Å². The molecule has 0 bridgehead atoms. The topological polar surface area (TPSA) is 76.7 Å². The normalized spacial score (nSPS) is 22.4. The number of hydrogen-bond donors (Lipinski definition) is 1. The number of likely N-dealkylation sites (N-methyl/N-ethyl adjacent to an activating group) is 1. The fourth-order valence-electron chi connectivity index (χ4n) is 4.92. The zero-order valence-corrected chi connectivity index (χ0v) is 19.5. The van der Waals surface area contributed by atoms with E-state index in [0.717, 1.165) is 26.1 Å². The van der Waals surface area contributed by atoms with Crippen molar-refractivity contribution < 1.29 is 14.4 Å². The predicted molar refractivity (Wildman–Crippen MR) is 125 cm³/mol. The van der Waals surface area contributed by atoms with Gasteiger partial charge in [0.25, 0.3) is 0 Å². The molecule has 3 amide bonds. The SMILES string of the molecule is CCN(CC)C(=O)[C@@H]1C=C2c3cccc4[nH]cc(c34)C[C@H]2N(C)C1.O=C1CCC(=O)N1Cl. The van der Waals surface area contributed by atoms with Crippen molar-refractivity contribution in [2.45, 2.75) is 39.2 Å². The Labute approximate surface area is 193 Å². The number of aromatic nitrogens is 1. The van der Waals surface area contributed by atoms with Crippen LogP contribution in [-0.4, -0.2) is 69.6 Å². The molecule has 0 radical (unpaired) electrons. The summed E-state index contributed by atoms with van der Waals surface area (Å²) in [5, 5.41) is 1.34. The summed E-state index contributed by atoms with van der Waals surface area (Å²) in [4.78, 5) is 41.3. The van der Waals surface area contributed by atoms with Crippen LogP contribution in [0.3, 0.4) is 0 Å². The van der Waals surface area contributed by atoms with Gasteiger partial charge in [0.05, 0.1) is 5.92 Å². The summed E-state index contributed by atoms with van der Waals surface area (Å²) in [5.74, 6) is -0.380. The van der Waals surface area contributed by atoms with Gasteiger partial charge in [0, 0.05) is 67.4 Å². The minimum absolute atomic E-state index is 0.0445. The summed E-state index contributed by atoms with van der Waals surface area (Å²) in [6.45, 7) is 6.47. The average molecular weight is 457 g/mol. The highest BCUT2D eigenvalue weighted by Gasteiger charge is 2.36. The molecule has 3 aliphatic rings. The highest BCUT2D eigenvalue weighted by molar-refractivity contribution is 6.32. The van der Waals surface area contributed by atoms with Gasteiger partial charge in [-0.25, -0.2) is 0 Å². The molecular formula is C24H29ClN4O3. The quantitative estimate of drug-likeness (QED) is 0.568. The molecule has 0 unspecified atom stereocenters. The molecule has 5 rings (SSSR count). The number of hydrogen-bond acceptors (Lipinski definition) is 4. The second-order valence-electron chi connectivity index (χ2n) is 8.51. The summed E-state index contributed by atoms with van der Waals surface area (Å²) in [5.41, 5.74) is 5.21. The summed E-state index contributed by atoms with van der Waals surface area (Å²) < 4.78 is 0.639. The van der Waals surface area contributed by atoms with Crippen LogP contribution in [0.1, 0.15) is 37.8 Å². The number of halogens is 1. The van der Waals surface area contributed by atoms with Crippen molar-refractivity contribution in [3.05, 3.63) is 41.6 Å². The number of nitrogens with one attached hydrogen (secondary N) is 1. The molecule has 1 aromatic heterocycles. The van der Waals surface area contributed by atoms with Crippen LogP contribution in [0.5, 0.6) is 0 Å². The van der Waals surface area contributed by atoms with Gasteiger partial charge in [0.1, 0.15) is 0 Å². The molecule has 7 nitrogen and oxygen atoms in total. The van der Waals surface area contributed by atoms with Crippen molar-refractivity contribution in [1.82, 2.24) is 19.2 Å². The number of benzene rings is 1. The Morgan fingerprint density at radius 2 is 1.88 bits per heavy atom. The molecule has 2 aromatic rings. The number of aromatic amines is 1. The maximum atomic E-state index is 12.9. The monoisotopic (exact) mass is 456 g/mol. The van der Waals surface area contributed by atoms with Gasteiger partial charge in [-0.15, -0.1) is 0 Å². The van der Waals surface area contributed by atoms with Crippen molar-refractivity contribution >= 4 is 46.0 Å². The van der Waals surface area contributed by atoms with E-state index >= 15 is 0 Å². The lowest BCUT2D eigenvalue weighted by Crippen LogP contribution is -2.47. The van der Waals surface area contributed by atoms with Crippen LogP contribution < -0.4 is 0 Å². The molecule has 2 aliphatic heterocycles. The first-order valence-electron chi connectivity index (χ1n) is 11.2. The molecule has 1 N–H and O–H groups in total. The minimum atomic E-state index is -0.295. The van der Waals surface area contributed by atoms with Crippen LogP contribution in [0.15, 0.2) is 30.5 Å². The number of imide groups is 1. The van der Waals surface area contributed by atoms with Crippen molar-refractivity contribution in [3.63, 3.8) is 0 Å². The Balaban J connectivity index is 0.000000260. The Morgan fingerprint density at radius 1 is 1.19 bits per heavy atom. The van der Waals surface area contributed by atoms with Crippen molar-refractivity contribution in [1.29, 1.82) is 0 Å². The fraction of sp³-hybridized carbons (Fsp3) is 0.458. The van der Waals surface area contributed by atoms with E-state index in [-0.39, 0.29) is 36.5 Å². The second-order valence-corrected chi connectivity index (χ2v) is 8.85. The number of amides is 3. The van der Waals surface area contributed by atoms with Gasteiger partial charge in [-0.1, -0.05) is 18.2 Å². The molecule has 1 fully saturated rings. The standard InChI is InChI=1S/C20H25N3O.C4H4ClNO2/c1-4-23(5-2)20(24)14-9-16-15-7-6-8-17-19(15)13(11-21-17)10-18(16)22(3)12-14;5-6-3(7)1-2-4(6)8/h6-9,11,14,18,21H,4-5,10,12H2,1-3H3;1-2H2/t14-,18-;/m1./s1. The summed E-state index contributed by atoms with van der Waals surface area (Å²) in [6, 6.07) is 6.82. The first kappa shape index (κ1) is 22.6. The number of carbonyl (C=O) groups is 3. The Hall–Kier alpha value is -2.64. The number of carbonyl (C=O) groups excluding carboxylic acids is 3. The van der Waals surface area contributed by atoms with Crippen molar-refractivity contribution in [2.24, 2.45) is 5.92 Å². The lowest BCUT2D eigenvalue weighted by Gasteiger charge is -2.40. The van der Waals surface area contributed by atoms with E-state index in [1.807, 2.05) is 4.90 Å². The van der Waals surface area contributed by atoms with E-state index in [1.165, 1.54) is 27.6 Å². The highest BCUT2D eigenvalue weighted by Crippen LogP contribution is 2.40. The first-order chi connectivity index (χ1) is 15.3. The molecule has 0 saturated carbocycles. The molecular weight excluding hydrogens is 428 g/mol. The maximum absolute atomic E-state index is 12.9. The van der Waals surface area contributed by atoms with Crippen LogP contribution in [-0.2, 0) is 20.8 Å². The number of nitrogens with zero attached hydrogens (tertiary/aromatic N) is 3. The lowest BCUT2D eigenvalue weighted by atomic mass is 9.79. The molecule has 3 heterocycles. The second kappa shape index (κ2) is 9.08. The molecule has 1 aliphatic carbocycles. The highest BCUT2D eigenvalue weighted by atomic mass is 35.5. The first-order valence-corrected chi connectivity index (χ1v) is 11.5. The average Bonchev–Trinajstić information content (AvgIpc) is 3.34. The van der Waals surface area contributed by atoms with Crippen molar-refractivity contribution in [2.75, 3.05) is 26.7 Å². The van der Waals surface area contributed by atoms with Crippen LogP contribution in [0.2, 0.25) is 0 Å². The number of H-pyrrole nitrogens is 1. The largest absolute Gasteiger partial charge is 0.361 e. The minimum Gasteiger partial charge on any atom is -0.361 e. The molecule has 170 valence electrons. The van der Waals surface area contributed by atoms with E-state index in [9.17, 15) is 14.4 Å². The van der Waals surface area contributed by atoms with Crippen LogP contribution in [0, 0.1) is 5.92 Å². The third kappa shape index (κ3) is 3.95. The van der Waals surface area contributed by atoms with Gasteiger partial charge in [-0.05, 0) is 50.1 Å². The number of rotatable bonds is 3. The third-order valence-electron chi connectivity index (χ3n) is 6.65. The smallest absolute Gasteiger partial charge is 0.244 e. The van der Waals surface area contributed by atoms with E-state index in [0.29, 0.717) is 10.5 Å². The maximum Gasteiger partial charge on any atom is 0.244 e. The van der Waals surface area contributed by atoms with Gasteiger partial charge in [-0.3, -0.25) is 19.3 Å². The Kier molecular flexibility index (Phi) is 6.40. The van der Waals surface area contributed by atoms with E-state index in [4.69, 9.17) is 11.8 Å².